The third-order valence-electron chi connectivity index (χ3n) is 3.78. The molecule has 10 heteroatoms. The van der Waals surface area contributed by atoms with E-state index >= 15 is 0 Å². The molecule has 0 radical (unpaired) electrons. The first kappa shape index (κ1) is 20.2. The maximum atomic E-state index is 12.2. The van der Waals surface area contributed by atoms with E-state index in [0.29, 0.717) is 21.7 Å². The van der Waals surface area contributed by atoms with Crippen LogP contribution in [0.25, 0.3) is 11.0 Å². The van der Waals surface area contributed by atoms with Crippen LogP contribution in [0.3, 0.4) is 0 Å². The van der Waals surface area contributed by atoms with Gasteiger partial charge in [-0.15, -0.1) is 0 Å². The van der Waals surface area contributed by atoms with Gasteiger partial charge in [0, 0.05) is 11.5 Å². The van der Waals surface area contributed by atoms with Crippen molar-refractivity contribution < 1.29 is 28.6 Å². The standard InChI is InChI=1S/C17H17ClN2O7/c1-8-9-3-11(18)13(26-2)5-12(9)27-17(25)10(8)4-14(21)19-6-15(22)20-7-16(23)24/h3,5H,4,6-7H2,1-2H3,(H,19,21)(H,20,22)(H,23,24). The summed E-state index contributed by atoms with van der Waals surface area (Å²) in [7, 11) is 1.43. The molecule has 0 aliphatic carbocycles. The molecular weight excluding hydrogens is 380 g/mol. The lowest BCUT2D eigenvalue weighted by Gasteiger charge is -2.10. The van der Waals surface area contributed by atoms with E-state index in [4.69, 9.17) is 25.9 Å². The molecule has 27 heavy (non-hydrogen) atoms. The van der Waals surface area contributed by atoms with E-state index < -0.39 is 36.5 Å². The van der Waals surface area contributed by atoms with Gasteiger partial charge < -0.3 is 24.9 Å². The number of rotatable bonds is 7. The number of carbonyl (C=O) groups excluding carboxylic acids is 2. The predicted octanol–water partition coefficient (Wildman–Crippen LogP) is 0.623. The zero-order valence-electron chi connectivity index (χ0n) is 14.6. The van der Waals surface area contributed by atoms with Crippen molar-refractivity contribution in [1.29, 1.82) is 0 Å². The number of methoxy groups -OCH3 is 1. The highest BCUT2D eigenvalue weighted by molar-refractivity contribution is 6.32. The Morgan fingerprint density at radius 2 is 1.85 bits per heavy atom. The minimum Gasteiger partial charge on any atom is -0.495 e. The van der Waals surface area contributed by atoms with E-state index in [0.717, 1.165) is 0 Å². The van der Waals surface area contributed by atoms with E-state index in [2.05, 4.69) is 10.6 Å². The van der Waals surface area contributed by atoms with Crippen molar-refractivity contribution >= 4 is 40.4 Å². The maximum Gasteiger partial charge on any atom is 0.340 e. The van der Waals surface area contributed by atoms with E-state index in [1.165, 1.54) is 13.2 Å². The number of nitrogens with one attached hydrogen (secondary N) is 2. The van der Waals surface area contributed by atoms with Crippen LogP contribution in [0.4, 0.5) is 0 Å². The van der Waals surface area contributed by atoms with Gasteiger partial charge in [0.25, 0.3) is 0 Å². The molecule has 2 amide bonds. The second-order valence-corrected chi connectivity index (χ2v) is 6.01. The zero-order valence-corrected chi connectivity index (χ0v) is 15.3. The Morgan fingerprint density at radius 3 is 2.48 bits per heavy atom. The monoisotopic (exact) mass is 396 g/mol. The van der Waals surface area contributed by atoms with Gasteiger partial charge in [0.15, 0.2) is 0 Å². The molecule has 2 aromatic rings. The Kier molecular flexibility index (Phi) is 6.40. The first-order chi connectivity index (χ1) is 12.7. The summed E-state index contributed by atoms with van der Waals surface area (Å²) in [6.07, 6.45) is -0.306. The maximum absolute atomic E-state index is 12.2. The fourth-order valence-electron chi connectivity index (χ4n) is 2.39. The molecule has 0 fully saturated rings. The summed E-state index contributed by atoms with van der Waals surface area (Å²) in [6.45, 7) is 0.698. The van der Waals surface area contributed by atoms with Crippen LogP contribution in [0.1, 0.15) is 11.1 Å². The Bertz CT molecular complexity index is 968. The van der Waals surface area contributed by atoms with Crippen LogP contribution in [0.5, 0.6) is 5.75 Å². The van der Waals surface area contributed by atoms with Crippen LogP contribution >= 0.6 is 11.6 Å². The molecule has 1 heterocycles. The number of carbonyl (C=O) groups is 3. The van der Waals surface area contributed by atoms with Gasteiger partial charge in [-0.25, -0.2) is 4.79 Å². The average molecular weight is 397 g/mol. The zero-order chi connectivity index (χ0) is 20.1. The Morgan fingerprint density at radius 1 is 1.19 bits per heavy atom. The molecule has 2 rings (SSSR count). The molecule has 3 N–H and O–H groups in total. The van der Waals surface area contributed by atoms with Crippen LogP contribution in [-0.4, -0.2) is 43.1 Å². The highest BCUT2D eigenvalue weighted by Crippen LogP contribution is 2.31. The highest BCUT2D eigenvalue weighted by atomic mass is 35.5. The molecule has 144 valence electrons. The summed E-state index contributed by atoms with van der Waals surface area (Å²) in [4.78, 5) is 46.0. The summed E-state index contributed by atoms with van der Waals surface area (Å²) in [5.74, 6) is -2.10. The van der Waals surface area contributed by atoms with Gasteiger partial charge in [0.2, 0.25) is 11.8 Å². The van der Waals surface area contributed by atoms with Crippen molar-refractivity contribution in [2.75, 3.05) is 20.2 Å². The lowest BCUT2D eigenvalue weighted by Crippen LogP contribution is -2.39. The third-order valence-corrected chi connectivity index (χ3v) is 4.08. The molecular formula is C17H17ClN2O7. The first-order valence-electron chi connectivity index (χ1n) is 7.78. The summed E-state index contributed by atoms with van der Waals surface area (Å²) in [6, 6.07) is 3.07. The number of amides is 2. The van der Waals surface area contributed by atoms with Crippen LogP contribution < -0.4 is 21.0 Å². The minimum absolute atomic E-state index is 0.132. The van der Waals surface area contributed by atoms with Crippen LogP contribution in [0, 0.1) is 6.92 Å². The third kappa shape index (κ3) is 4.98. The molecule has 9 nitrogen and oxygen atoms in total. The number of carboxylic acid groups (broad SMARTS) is 1. The van der Waals surface area contributed by atoms with Crippen molar-refractivity contribution in [3.8, 4) is 5.75 Å². The van der Waals surface area contributed by atoms with E-state index in [9.17, 15) is 19.2 Å². The van der Waals surface area contributed by atoms with Gasteiger partial charge in [0.1, 0.15) is 17.9 Å². The molecule has 0 atom stereocenters. The summed E-state index contributed by atoms with van der Waals surface area (Å²) >= 11 is 6.10. The van der Waals surface area contributed by atoms with Crippen molar-refractivity contribution in [1.82, 2.24) is 10.6 Å². The summed E-state index contributed by atoms with van der Waals surface area (Å²) in [5.41, 5.74) is 0.245. The molecule has 1 aromatic heterocycles. The fourth-order valence-corrected chi connectivity index (χ4v) is 2.63. The second kappa shape index (κ2) is 8.54. The predicted molar refractivity (Wildman–Crippen MR) is 96.1 cm³/mol. The van der Waals surface area contributed by atoms with Crippen molar-refractivity contribution in [2.45, 2.75) is 13.3 Å². The van der Waals surface area contributed by atoms with Crippen LogP contribution in [0.15, 0.2) is 21.3 Å². The number of halogens is 1. The number of aryl methyl sites for hydroxylation is 1. The van der Waals surface area contributed by atoms with Gasteiger partial charge in [-0.2, -0.15) is 0 Å². The number of carboxylic acids is 1. The van der Waals surface area contributed by atoms with Gasteiger partial charge in [-0.1, -0.05) is 11.6 Å². The number of benzene rings is 1. The molecule has 0 saturated carbocycles. The lowest BCUT2D eigenvalue weighted by molar-refractivity contribution is -0.137. The quantitative estimate of drug-likeness (QED) is 0.584. The summed E-state index contributed by atoms with van der Waals surface area (Å²) in [5, 5.41) is 13.8. The van der Waals surface area contributed by atoms with E-state index in [1.54, 1.807) is 13.0 Å². The van der Waals surface area contributed by atoms with Gasteiger partial charge in [0.05, 0.1) is 30.7 Å². The molecule has 0 bridgehead atoms. The summed E-state index contributed by atoms with van der Waals surface area (Å²) < 4.78 is 10.3. The minimum atomic E-state index is -1.20. The second-order valence-electron chi connectivity index (χ2n) is 5.60. The number of ether oxygens (including phenoxy) is 1. The number of aliphatic carboxylic acids is 1. The van der Waals surface area contributed by atoms with Crippen molar-refractivity contribution in [3.63, 3.8) is 0 Å². The molecule has 0 saturated heterocycles. The fraction of sp³-hybridized carbons (Fsp3) is 0.294. The SMILES string of the molecule is COc1cc2oc(=O)c(CC(=O)NCC(=O)NCC(=O)O)c(C)c2cc1Cl. The van der Waals surface area contributed by atoms with E-state index in [-0.39, 0.29) is 17.6 Å². The molecule has 1 aromatic carbocycles. The molecule has 0 aliphatic rings. The topological polar surface area (TPSA) is 135 Å². The lowest BCUT2D eigenvalue weighted by atomic mass is 10.0. The van der Waals surface area contributed by atoms with Crippen LogP contribution in [0.2, 0.25) is 5.02 Å². The van der Waals surface area contributed by atoms with E-state index in [1.807, 2.05) is 0 Å². The van der Waals surface area contributed by atoms with Crippen LogP contribution in [-0.2, 0) is 20.8 Å². The number of hydrogen-bond acceptors (Lipinski definition) is 6. The van der Waals surface area contributed by atoms with Crippen molar-refractivity contribution in [2.24, 2.45) is 0 Å². The Hall–Kier alpha value is -3.07. The highest BCUT2D eigenvalue weighted by Gasteiger charge is 2.17. The Balaban J connectivity index is 2.16. The molecule has 0 aliphatic heterocycles. The largest absolute Gasteiger partial charge is 0.495 e. The normalized spacial score (nSPS) is 10.5. The first-order valence-corrected chi connectivity index (χ1v) is 8.15. The van der Waals surface area contributed by atoms with Gasteiger partial charge in [-0.3, -0.25) is 14.4 Å². The molecule has 0 spiro atoms. The molecule has 0 unspecified atom stereocenters. The average Bonchev–Trinajstić information content (AvgIpc) is 2.62. The Labute approximate surface area is 158 Å². The number of fused-ring (bicyclic) bond motifs is 1. The smallest absolute Gasteiger partial charge is 0.340 e. The number of hydrogen-bond donors (Lipinski definition) is 3. The van der Waals surface area contributed by atoms with Gasteiger partial charge >= 0.3 is 11.6 Å². The van der Waals surface area contributed by atoms with Crippen molar-refractivity contribution in [3.05, 3.63) is 38.7 Å². The van der Waals surface area contributed by atoms with Gasteiger partial charge in [-0.05, 0) is 18.6 Å².